The first-order valence-corrected chi connectivity index (χ1v) is 8.18. The predicted octanol–water partition coefficient (Wildman–Crippen LogP) is 3.67. The topological polar surface area (TPSA) is 71.5 Å². The summed E-state index contributed by atoms with van der Waals surface area (Å²) in [7, 11) is 0. The second kappa shape index (κ2) is 6.46. The van der Waals surface area contributed by atoms with Crippen LogP contribution in [0.2, 0.25) is 5.02 Å². The number of benzene rings is 1. The molecule has 0 unspecified atom stereocenters. The summed E-state index contributed by atoms with van der Waals surface area (Å²) in [5.74, 6) is -0.667. The first-order chi connectivity index (χ1) is 11.8. The molecule has 1 aromatic heterocycles. The van der Waals surface area contributed by atoms with Crippen molar-refractivity contribution in [1.82, 2.24) is 9.88 Å². The highest BCUT2D eigenvalue weighted by molar-refractivity contribution is 6.30. The molecule has 0 fully saturated rings. The van der Waals surface area contributed by atoms with Crippen molar-refractivity contribution in [3.05, 3.63) is 58.4 Å². The Bertz CT molecular complexity index is 811. The number of nitrogens with one attached hydrogen (secondary N) is 1. The molecule has 2 aromatic rings. The van der Waals surface area contributed by atoms with Gasteiger partial charge in [0.15, 0.2) is 0 Å². The number of rotatable bonds is 4. The average Bonchev–Trinajstić information content (AvgIpc) is 2.79. The van der Waals surface area contributed by atoms with Crippen molar-refractivity contribution in [2.24, 2.45) is 0 Å². The number of aromatic nitrogens is 1. The molecule has 3 rings (SSSR count). The van der Waals surface area contributed by atoms with E-state index in [0.717, 1.165) is 0 Å². The minimum atomic E-state index is -0.435. The largest absolute Gasteiger partial charge is 0.270 e. The van der Waals surface area contributed by atoms with Crippen LogP contribution in [0.5, 0.6) is 0 Å². The normalized spacial score (nSPS) is 14.0. The van der Waals surface area contributed by atoms with E-state index in [1.54, 1.807) is 30.3 Å². The molecule has 6 nitrogen and oxygen atoms in total. The zero-order chi connectivity index (χ0) is 18.2. The van der Waals surface area contributed by atoms with Gasteiger partial charge in [-0.15, -0.1) is 0 Å². The van der Waals surface area contributed by atoms with Gasteiger partial charge in [-0.05, 0) is 39.0 Å². The highest BCUT2D eigenvalue weighted by Crippen LogP contribution is 2.27. The standard InChI is InChI=1S/C18H18ClN3O3/c1-18(2,3)25-21-14-8-11(19)9-20-15(14)10-22-16(23)12-6-4-5-7-13(12)17(22)24/h4-9,21H,10H2,1-3H3. The van der Waals surface area contributed by atoms with Crippen LogP contribution >= 0.6 is 11.6 Å². The summed E-state index contributed by atoms with van der Waals surface area (Å²) in [5, 5.41) is 0.422. The summed E-state index contributed by atoms with van der Waals surface area (Å²) in [4.78, 5) is 36.0. The molecule has 1 aromatic carbocycles. The van der Waals surface area contributed by atoms with Gasteiger partial charge in [-0.2, -0.15) is 0 Å². The number of hydrogen-bond donors (Lipinski definition) is 1. The molecule has 0 bridgehead atoms. The zero-order valence-corrected chi connectivity index (χ0v) is 14.9. The number of anilines is 1. The van der Waals surface area contributed by atoms with E-state index in [1.807, 2.05) is 20.8 Å². The van der Waals surface area contributed by atoms with E-state index in [-0.39, 0.29) is 18.4 Å². The van der Waals surface area contributed by atoms with E-state index >= 15 is 0 Å². The van der Waals surface area contributed by atoms with Crippen LogP contribution in [-0.2, 0) is 11.4 Å². The van der Waals surface area contributed by atoms with Gasteiger partial charge in [0, 0.05) is 6.20 Å². The van der Waals surface area contributed by atoms with Crippen LogP contribution in [0.4, 0.5) is 5.69 Å². The number of carbonyl (C=O) groups excluding carboxylic acids is 2. The van der Waals surface area contributed by atoms with Gasteiger partial charge in [-0.25, -0.2) is 0 Å². The monoisotopic (exact) mass is 359 g/mol. The van der Waals surface area contributed by atoms with Crippen molar-refractivity contribution >= 4 is 29.1 Å². The van der Waals surface area contributed by atoms with Crippen molar-refractivity contribution in [3.63, 3.8) is 0 Å². The van der Waals surface area contributed by atoms with Crippen molar-refractivity contribution in [2.45, 2.75) is 32.9 Å². The molecule has 1 aliphatic heterocycles. The highest BCUT2D eigenvalue weighted by atomic mass is 35.5. The molecule has 1 aliphatic rings. The summed E-state index contributed by atoms with van der Waals surface area (Å²) in [5.41, 5.74) is 4.20. The second-order valence-corrected chi connectivity index (χ2v) is 7.14. The minimum absolute atomic E-state index is 0.0271. The Morgan fingerprint density at radius 2 is 1.76 bits per heavy atom. The van der Waals surface area contributed by atoms with Crippen molar-refractivity contribution < 1.29 is 14.4 Å². The summed E-state index contributed by atoms with van der Waals surface area (Å²) >= 11 is 6.01. The lowest BCUT2D eigenvalue weighted by Gasteiger charge is -2.22. The zero-order valence-electron chi connectivity index (χ0n) is 14.2. The van der Waals surface area contributed by atoms with Crippen LogP contribution in [0.3, 0.4) is 0 Å². The molecule has 2 heterocycles. The third kappa shape index (κ3) is 3.65. The smallest absolute Gasteiger partial charge is 0.261 e. The quantitative estimate of drug-likeness (QED) is 0.666. The number of nitrogens with zero attached hydrogens (tertiary/aromatic N) is 2. The summed E-state index contributed by atoms with van der Waals surface area (Å²) in [6.45, 7) is 5.70. The van der Waals surface area contributed by atoms with Gasteiger partial charge in [-0.3, -0.25) is 29.8 Å². The maximum Gasteiger partial charge on any atom is 0.261 e. The van der Waals surface area contributed by atoms with E-state index in [4.69, 9.17) is 16.4 Å². The summed E-state index contributed by atoms with van der Waals surface area (Å²) in [6.07, 6.45) is 1.47. The Kier molecular flexibility index (Phi) is 4.49. The van der Waals surface area contributed by atoms with Gasteiger partial charge in [0.25, 0.3) is 11.8 Å². The third-order valence-corrected chi connectivity index (χ3v) is 3.80. The fourth-order valence-electron chi connectivity index (χ4n) is 2.42. The Labute approximate surface area is 150 Å². The van der Waals surface area contributed by atoms with Crippen LogP contribution in [0, 0.1) is 0 Å². The summed E-state index contributed by atoms with van der Waals surface area (Å²) < 4.78 is 0. The molecular weight excluding hydrogens is 342 g/mol. The predicted molar refractivity (Wildman–Crippen MR) is 94.4 cm³/mol. The van der Waals surface area contributed by atoms with Gasteiger partial charge in [0.05, 0.1) is 39.7 Å². The molecule has 1 N–H and O–H groups in total. The molecule has 7 heteroatoms. The van der Waals surface area contributed by atoms with E-state index in [2.05, 4.69) is 10.5 Å². The van der Waals surface area contributed by atoms with Gasteiger partial charge >= 0.3 is 0 Å². The second-order valence-electron chi connectivity index (χ2n) is 6.71. The van der Waals surface area contributed by atoms with Gasteiger partial charge in [0.2, 0.25) is 0 Å². The van der Waals surface area contributed by atoms with Crippen LogP contribution in [0.25, 0.3) is 0 Å². The number of hydrogen-bond acceptors (Lipinski definition) is 5. The van der Waals surface area contributed by atoms with E-state index in [0.29, 0.717) is 27.5 Å². The van der Waals surface area contributed by atoms with Crippen LogP contribution in [0.1, 0.15) is 47.2 Å². The Hall–Kier alpha value is -2.44. The molecule has 0 saturated carbocycles. The number of imide groups is 1. The fourth-order valence-corrected chi connectivity index (χ4v) is 2.58. The number of fused-ring (bicyclic) bond motifs is 1. The third-order valence-electron chi connectivity index (χ3n) is 3.59. The maximum absolute atomic E-state index is 12.5. The SMILES string of the molecule is CC(C)(C)ONc1cc(Cl)cnc1CN1C(=O)c2ccccc2C1=O. The number of carbonyl (C=O) groups is 2. The summed E-state index contributed by atoms with van der Waals surface area (Å²) in [6, 6.07) is 8.41. The van der Waals surface area contributed by atoms with Gasteiger partial charge in [0.1, 0.15) is 0 Å². The van der Waals surface area contributed by atoms with Crippen molar-refractivity contribution in [2.75, 3.05) is 5.48 Å². The number of halogens is 1. The lowest BCUT2D eigenvalue weighted by Crippen LogP contribution is -2.30. The van der Waals surface area contributed by atoms with Gasteiger partial charge in [-0.1, -0.05) is 23.7 Å². The maximum atomic E-state index is 12.5. The van der Waals surface area contributed by atoms with E-state index in [9.17, 15) is 9.59 Å². The molecule has 0 aliphatic carbocycles. The fraction of sp³-hybridized carbons (Fsp3) is 0.278. The minimum Gasteiger partial charge on any atom is -0.270 e. The molecule has 2 amide bonds. The lowest BCUT2D eigenvalue weighted by molar-refractivity contribution is 0.0369. The van der Waals surface area contributed by atoms with Gasteiger partial charge < -0.3 is 0 Å². The van der Waals surface area contributed by atoms with Crippen LogP contribution in [-0.4, -0.2) is 27.3 Å². The number of amides is 2. The Morgan fingerprint density at radius 1 is 1.16 bits per heavy atom. The molecule has 130 valence electrons. The Balaban J connectivity index is 1.86. The first-order valence-electron chi connectivity index (χ1n) is 7.80. The lowest BCUT2D eigenvalue weighted by atomic mass is 10.1. The van der Waals surface area contributed by atoms with E-state index < -0.39 is 5.60 Å². The Morgan fingerprint density at radius 3 is 2.32 bits per heavy atom. The molecule has 0 radical (unpaired) electrons. The van der Waals surface area contributed by atoms with Crippen LogP contribution in [0.15, 0.2) is 36.5 Å². The van der Waals surface area contributed by atoms with Crippen molar-refractivity contribution in [3.8, 4) is 0 Å². The molecule has 0 spiro atoms. The average molecular weight is 360 g/mol. The molecule has 0 atom stereocenters. The first kappa shape index (κ1) is 17.4. The van der Waals surface area contributed by atoms with Crippen molar-refractivity contribution in [1.29, 1.82) is 0 Å². The molecular formula is C18H18ClN3O3. The number of pyridine rings is 1. The molecule has 25 heavy (non-hydrogen) atoms. The molecule has 0 saturated heterocycles. The highest BCUT2D eigenvalue weighted by Gasteiger charge is 2.35. The van der Waals surface area contributed by atoms with E-state index in [1.165, 1.54) is 11.1 Å². The van der Waals surface area contributed by atoms with Crippen LogP contribution < -0.4 is 5.48 Å².